The largest absolute Gasteiger partial charge is 0.370 e. The molecule has 0 unspecified atom stereocenters. The molecule has 6 heteroatoms. The van der Waals surface area contributed by atoms with E-state index < -0.39 is 0 Å². The summed E-state index contributed by atoms with van der Waals surface area (Å²) in [6, 6.07) is 2.01. The van der Waals surface area contributed by atoms with Crippen LogP contribution in [0.25, 0.3) is 0 Å². The van der Waals surface area contributed by atoms with Crippen molar-refractivity contribution >= 4 is 21.7 Å². The lowest BCUT2D eigenvalue weighted by atomic mass is 10.3. The van der Waals surface area contributed by atoms with Gasteiger partial charge in [-0.1, -0.05) is 0 Å². The van der Waals surface area contributed by atoms with Crippen LogP contribution in [-0.2, 0) is 13.5 Å². The summed E-state index contributed by atoms with van der Waals surface area (Å²) in [4.78, 5) is 4.28. The van der Waals surface area contributed by atoms with Crippen LogP contribution in [0.5, 0.6) is 0 Å². The van der Waals surface area contributed by atoms with Crippen LogP contribution in [0, 0.1) is 6.92 Å². The van der Waals surface area contributed by atoms with Gasteiger partial charge in [0.2, 0.25) is 0 Å². The van der Waals surface area contributed by atoms with Gasteiger partial charge in [0.05, 0.1) is 0 Å². The smallest absolute Gasteiger partial charge is 0.134 e. The third kappa shape index (κ3) is 3.03. The fourth-order valence-corrected chi connectivity index (χ4v) is 1.69. The first-order valence-corrected chi connectivity index (χ1v) is 6.15. The molecule has 0 spiro atoms. The standard InChI is InChI=1S/C11H14BrN5/c1-8-5-10(14-6-9(8)12)13-4-3-11-16-15-7-17(11)2/h5-7H,3-4H2,1-2H3,(H,13,14). The molecule has 2 rings (SSSR count). The van der Waals surface area contributed by atoms with Crippen molar-refractivity contribution in [3.63, 3.8) is 0 Å². The lowest BCUT2D eigenvalue weighted by Crippen LogP contribution is -2.09. The Morgan fingerprint density at radius 1 is 1.47 bits per heavy atom. The van der Waals surface area contributed by atoms with E-state index in [0.717, 1.165) is 29.1 Å². The van der Waals surface area contributed by atoms with E-state index in [1.165, 1.54) is 5.56 Å². The Balaban J connectivity index is 1.90. The normalized spacial score (nSPS) is 10.5. The van der Waals surface area contributed by atoms with Gasteiger partial charge in [0.25, 0.3) is 0 Å². The molecule has 2 heterocycles. The van der Waals surface area contributed by atoms with Gasteiger partial charge in [0.1, 0.15) is 18.0 Å². The number of anilines is 1. The second kappa shape index (κ2) is 5.27. The number of nitrogens with one attached hydrogen (secondary N) is 1. The Hall–Kier alpha value is -1.43. The van der Waals surface area contributed by atoms with Crippen LogP contribution in [0.3, 0.4) is 0 Å². The number of nitrogens with zero attached hydrogens (tertiary/aromatic N) is 4. The van der Waals surface area contributed by atoms with Gasteiger partial charge in [-0.3, -0.25) is 0 Å². The first kappa shape index (κ1) is 12.0. The Kier molecular flexibility index (Phi) is 3.73. The minimum Gasteiger partial charge on any atom is -0.370 e. The average Bonchev–Trinajstić information content (AvgIpc) is 2.70. The van der Waals surface area contributed by atoms with Crippen LogP contribution >= 0.6 is 15.9 Å². The van der Waals surface area contributed by atoms with Crippen molar-refractivity contribution in [2.75, 3.05) is 11.9 Å². The van der Waals surface area contributed by atoms with Gasteiger partial charge >= 0.3 is 0 Å². The van der Waals surface area contributed by atoms with E-state index in [0.29, 0.717) is 0 Å². The molecule has 90 valence electrons. The van der Waals surface area contributed by atoms with E-state index >= 15 is 0 Å². The van der Waals surface area contributed by atoms with Crippen LogP contribution in [0.15, 0.2) is 23.1 Å². The van der Waals surface area contributed by atoms with Gasteiger partial charge < -0.3 is 9.88 Å². The predicted octanol–water partition coefficient (Wildman–Crippen LogP) is 1.94. The van der Waals surface area contributed by atoms with Gasteiger partial charge in [0.15, 0.2) is 0 Å². The summed E-state index contributed by atoms with van der Waals surface area (Å²) >= 11 is 3.43. The lowest BCUT2D eigenvalue weighted by Gasteiger charge is -2.06. The second-order valence-electron chi connectivity index (χ2n) is 3.85. The highest BCUT2D eigenvalue weighted by molar-refractivity contribution is 9.10. The minimum atomic E-state index is 0.792. The first-order valence-electron chi connectivity index (χ1n) is 5.35. The Labute approximate surface area is 108 Å². The number of hydrogen-bond acceptors (Lipinski definition) is 4. The van der Waals surface area contributed by atoms with Gasteiger partial charge in [0, 0.05) is 30.7 Å². The molecule has 0 saturated heterocycles. The number of hydrogen-bond donors (Lipinski definition) is 1. The number of pyridine rings is 1. The molecule has 1 N–H and O–H groups in total. The maximum Gasteiger partial charge on any atom is 0.134 e. The van der Waals surface area contributed by atoms with Crippen molar-refractivity contribution < 1.29 is 0 Å². The van der Waals surface area contributed by atoms with Crippen molar-refractivity contribution in [1.29, 1.82) is 0 Å². The SMILES string of the molecule is Cc1cc(NCCc2nncn2C)ncc1Br. The molecule has 0 atom stereocenters. The molecule has 0 aliphatic carbocycles. The third-order valence-corrected chi connectivity index (χ3v) is 3.34. The Morgan fingerprint density at radius 2 is 2.29 bits per heavy atom. The first-order chi connectivity index (χ1) is 8.16. The van der Waals surface area contributed by atoms with Crippen LogP contribution in [-0.4, -0.2) is 26.3 Å². The third-order valence-electron chi connectivity index (χ3n) is 2.51. The summed E-state index contributed by atoms with van der Waals surface area (Å²) in [6.07, 6.45) is 4.34. The zero-order chi connectivity index (χ0) is 12.3. The van der Waals surface area contributed by atoms with Crippen molar-refractivity contribution in [1.82, 2.24) is 19.7 Å². The second-order valence-corrected chi connectivity index (χ2v) is 4.71. The fourth-order valence-electron chi connectivity index (χ4n) is 1.47. The van der Waals surface area contributed by atoms with Crippen LogP contribution in [0.4, 0.5) is 5.82 Å². The highest BCUT2D eigenvalue weighted by Crippen LogP contribution is 2.16. The van der Waals surface area contributed by atoms with Crippen molar-refractivity contribution in [2.45, 2.75) is 13.3 Å². The molecule has 17 heavy (non-hydrogen) atoms. The summed E-state index contributed by atoms with van der Waals surface area (Å²) < 4.78 is 2.94. The van der Waals surface area contributed by atoms with Crippen LogP contribution in [0.1, 0.15) is 11.4 Å². The highest BCUT2D eigenvalue weighted by atomic mass is 79.9. The average molecular weight is 296 g/mol. The van der Waals surface area contributed by atoms with Crippen LogP contribution < -0.4 is 5.32 Å². The van der Waals surface area contributed by atoms with Crippen molar-refractivity contribution in [3.8, 4) is 0 Å². The monoisotopic (exact) mass is 295 g/mol. The molecule has 0 radical (unpaired) electrons. The Bertz CT molecular complexity index is 508. The summed E-state index contributed by atoms with van der Waals surface area (Å²) in [5.74, 6) is 1.85. The van der Waals surface area contributed by atoms with Crippen molar-refractivity contribution in [3.05, 3.63) is 34.5 Å². The summed E-state index contributed by atoms with van der Waals surface area (Å²) in [5.41, 5.74) is 1.17. The maximum atomic E-state index is 4.28. The Morgan fingerprint density at radius 3 is 2.94 bits per heavy atom. The number of halogens is 1. The van der Waals surface area contributed by atoms with Crippen molar-refractivity contribution in [2.24, 2.45) is 7.05 Å². The van der Waals surface area contributed by atoms with E-state index in [-0.39, 0.29) is 0 Å². The molecule has 0 aromatic carbocycles. The molecule has 0 amide bonds. The van der Waals surface area contributed by atoms with E-state index in [1.807, 2.05) is 24.6 Å². The molecule has 0 aliphatic rings. The molecule has 0 saturated carbocycles. The van der Waals surface area contributed by atoms with E-state index in [1.54, 1.807) is 12.5 Å². The maximum absolute atomic E-state index is 4.28. The van der Waals surface area contributed by atoms with Gasteiger partial charge in [-0.15, -0.1) is 10.2 Å². The highest BCUT2D eigenvalue weighted by Gasteiger charge is 2.01. The lowest BCUT2D eigenvalue weighted by molar-refractivity contribution is 0.787. The number of rotatable bonds is 4. The fraction of sp³-hybridized carbons (Fsp3) is 0.364. The van der Waals surface area contributed by atoms with Gasteiger partial charge in [-0.2, -0.15) is 0 Å². The van der Waals surface area contributed by atoms with E-state index in [9.17, 15) is 0 Å². The molecule has 0 aliphatic heterocycles. The molecule has 0 bridgehead atoms. The molecular formula is C11H14BrN5. The molecule has 2 aromatic heterocycles. The van der Waals surface area contributed by atoms with Gasteiger partial charge in [-0.25, -0.2) is 4.98 Å². The topological polar surface area (TPSA) is 55.6 Å². The summed E-state index contributed by atoms with van der Waals surface area (Å²) in [6.45, 7) is 2.83. The molecule has 5 nitrogen and oxygen atoms in total. The quantitative estimate of drug-likeness (QED) is 0.936. The van der Waals surface area contributed by atoms with E-state index in [4.69, 9.17) is 0 Å². The summed E-state index contributed by atoms with van der Waals surface area (Å²) in [7, 11) is 1.94. The molecular weight excluding hydrogens is 282 g/mol. The predicted molar refractivity (Wildman–Crippen MR) is 69.9 cm³/mol. The number of aryl methyl sites for hydroxylation is 2. The zero-order valence-corrected chi connectivity index (χ0v) is 11.4. The van der Waals surface area contributed by atoms with Gasteiger partial charge in [-0.05, 0) is 34.5 Å². The zero-order valence-electron chi connectivity index (χ0n) is 9.81. The number of aromatic nitrogens is 4. The molecule has 0 fully saturated rings. The summed E-state index contributed by atoms with van der Waals surface area (Å²) in [5, 5.41) is 11.1. The van der Waals surface area contributed by atoms with E-state index in [2.05, 4.69) is 36.4 Å². The molecule has 2 aromatic rings. The van der Waals surface area contributed by atoms with Crippen LogP contribution in [0.2, 0.25) is 0 Å². The minimum absolute atomic E-state index is 0.792.